The summed E-state index contributed by atoms with van der Waals surface area (Å²) in [6, 6.07) is 0. The fraction of sp³-hybridized carbons (Fsp3) is 0. The van der Waals surface area contributed by atoms with Crippen molar-refractivity contribution < 1.29 is 0 Å². The molecule has 0 saturated carbocycles. The van der Waals surface area contributed by atoms with E-state index in [0.717, 1.165) is 0 Å². The second-order valence-electron chi connectivity index (χ2n) is 2.33. The molecule has 5 heteroatoms. The Labute approximate surface area is 59.8 Å². The molecule has 4 rings (SSSR count). The molecule has 0 fully saturated rings. The van der Waals surface area contributed by atoms with Crippen molar-refractivity contribution in [1.82, 2.24) is 19.9 Å². The quantitative estimate of drug-likeness (QED) is 0.474. The standard InChI is InChI=1S/C6H2N4O/c11-4-2-3-5(8-1-7-3)10-6(4)9-2/h1H,(H,7,8,9,10). The van der Waals surface area contributed by atoms with Crippen molar-refractivity contribution in [2.45, 2.75) is 0 Å². The van der Waals surface area contributed by atoms with E-state index in [2.05, 4.69) is 19.9 Å². The number of hydrogen-bond donors (Lipinski definition) is 1. The number of hydrogen-bond acceptors (Lipinski definition) is 4. The van der Waals surface area contributed by atoms with Crippen LogP contribution in [-0.4, -0.2) is 19.9 Å². The molecule has 0 atom stereocenters. The Morgan fingerprint density at radius 2 is 2.09 bits per heavy atom. The third kappa shape index (κ3) is 0.399. The van der Waals surface area contributed by atoms with Crippen molar-refractivity contribution >= 4 is 22.3 Å². The molecule has 0 aromatic carbocycles. The molecule has 0 saturated heterocycles. The van der Waals surface area contributed by atoms with Gasteiger partial charge in [-0.05, 0) is 0 Å². The fourth-order valence-corrected chi connectivity index (χ4v) is 1.16. The molecule has 4 heterocycles. The highest BCUT2D eigenvalue weighted by atomic mass is 16.1. The highest BCUT2D eigenvalue weighted by Crippen LogP contribution is 2.12. The molecule has 5 nitrogen and oxygen atoms in total. The molecular formula is C6H2N4O. The minimum absolute atomic E-state index is 0.0574. The number of H-pyrrole nitrogens is 1. The number of nitrogens with one attached hydrogen (secondary N) is 1. The second-order valence-corrected chi connectivity index (χ2v) is 2.33. The molecule has 4 aromatic rings. The third-order valence-electron chi connectivity index (χ3n) is 1.71. The number of aromatic amines is 1. The average Bonchev–Trinajstić information content (AvgIpc) is 2.49. The molecule has 0 aliphatic heterocycles. The first kappa shape index (κ1) is 4.95. The number of nitrogens with zero attached hydrogens (tertiary/aromatic N) is 3. The summed E-state index contributed by atoms with van der Waals surface area (Å²) in [6.07, 6.45) is 1.41. The Bertz CT molecular complexity index is 557. The van der Waals surface area contributed by atoms with Crippen LogP contribution in [0.25, 0.3) is 22.3 Å². The van der Waals surface area contributed by atoms with E-state index < -0.39 is 0 Å². The molecular weight excluding hydrogens is 144 g/mol. The summed E-state index contributed by atoms with van der Waals surface area (Å²) in [5.41, 5.74) is 1.98. The van der Waals surface area contributed by atoms with E-state index in [1.54, 1.807) is 0 Å². The zero-order valence-corrected chi connectivity index (χ0v) is 5.33. The van der Waals surface area contributed by atoms with E-state index in [-0.39, 0.29) is 5.43 Å². The van der Waals surface area contributed by atoms with Crippen LogP contribution in [-0.2, 0) is 0 Å². The third-order valence-corrected chi connectivity index (χ3v) is 1.71. The summed E-state index contributed by atoms with van der Waals surface area (Å²) >= 11 is 0. The lowest BCUT2D eigenvalue weighted by molar-refractivity contribution is 1.25. The molecule has 0 amide bonds. The van der Waals surface area contributed by atoms with Crippen molar-refractivity contribution in [3.05, 3.63) is 16.6 Å². The predicted octanol–water partition coefficient (Wildman–Crippen LogP) is -0.258. The zero-order valence-electron chi connectivity index (χ0n) is 5.33. The van der Waals surface area contributed by atoms with Gasteiger partial charge in [0.05, 0.1) is 0 Å². The SMILES string of the molecule is O=c1c2nc1c1ncnc1[nH]2. The first-order valence-electron chi connectivity index (χ1n) is 3.11. The van der Waals surface area contributed by atoms with Crippen LogP contribution < -0.4 is 5.43 Å². The topological polar surface area (TPSA) is 71.5 Å². The first-order valence-corrected chi connectivity index (χ1v) is 3.11. The van der Waals surface area contributed by atoms with E-state index >= 15 is 0 Å². The maximum atomic E-state index is 11.0. The van der Waals surface area contributed by atoms with E-state index in [1.807, 2.05) is 0 Å². The summed E-state index contributed by atoms with van der Waals surface area (Å²) in [5, 5.41) is 0. The predicted molar refractivity (Wildman–Crippen MR) is 37.8 cm³/mol. The van der Waals surface area contributed by atoms with Crippen LogP contribution in [0.1, 0.15) is 0 Å². The molecule has 52 valence electrons. The molecule has 1 N–H and O–H groups in total. The van der Waals surface area contributed by atoms with Crippen molar-refractivity contribution in [3.8, 4) is 0 Å². The van der Waals surface area contributed by atoms with Crippen LogP contribution in [0.5, 0.6) is 0 Å². The van der Waals surface area contributed by atoms with Gasteiger partial charge in [0.1, 0.15) is 17.4 Å². The van der Waals surface area contributed by atoms with Crippen molar-refractivity contribution in [1.29, 1.82) is 0 Å². The highest BCUT2D eigenvalue weighted by molar-refractivity contribution is 5.93. The molecule has 11 heavy (non-hydrogen) atoms. The van der Waals surface area contributed by atoms with Crippen LogP contribution in [0.4, 0.5) is 0 Å². The van der Waals surface area contributed by atoms with E-state index in [0.29, 0.717) is 22.3 Å². The van der Waals surface area contributed by atoms with Crippen molar-refractivity contribution in [2.75, 3.05) is 0 Å². The number of imidazole rings is 1. The Kier molecular flexibility index (Phi) is 0.581. The van der Waals surface area contributed by atoms with Crippen molar-refractivity contribution in [3.63, 3.8) is 0 Å². The molecule has 2 bridgehead atoms. The first-order chi connectivity index (χ1) is 5.36. The van der Waals surface area contributed by atoms with Gasteiger partial charge in [0.25, 0.3) is 0 Å². The van der Waals surface area contributed by atoms with Crippen LogP contribution in [0.2, 0.25) is 0 Å². The minimum atomic E-state index is -0.0574. The van der Waals surface area contributed by atoms with Gasteiger partial charge in [-0.2, -0.15) is 0 Å². The molecule has 0 radical (unpaired) electrons. The summed E-state index contributed by atoms with van der Waals surface area (Å²) in [5.74, 6) is 0. The van der Waals surface area contributed by atoms with Gasteiger partial charge in [0.2, 0.25) is 5.43 Å². The van der Waals surface area contributed by atoms with Gasteiger partial charge in [-0.1, -0.05) is 0 Å². The lowest BCUT2D eigenvalue weighted by atomic mass is 10.3. The van der Waals surface area contributed by atoms with Crippen LogP contribution in [0, 0.1) is 0 Å². The van der Waals surface area contributed by atoms with E-state index in [4.69, 9.17) is 0 Å². The largest absolute Gasteiger partial charge is 0.320 e. The van der Waals surface area contributed by atoms with Crippen LogP contribution >= 0.6 is 0 Å². The Morgan fingerprint density at radius 3 is 2.91 bits per heavy atom. The number of aromatic nitrogens is 4. The summed E-state index contributed by atoms with van der Waals surface area (Å²) in [7, 11) is 0. The maximum Gasteiger partial charge on any atom is 0.249 e. The lowest BCUT2D eigenvalue weighted by Gasteiger charge is -1.98. The van der Waals surface area contributed by atoms with E-state index in [9.17, 15) is 4.79 Å². The Morgan fingerprint density at radius 1 is 1.18 bits per heavy atom. The van der Waals surface area contributed by atoms with Gasteiger partial charge in [-0.25, -0.2) is 15.0 Å². The van der Waals surface area contributed by atoms with Gasteiger partial charge < -0.3 is 4.98 Å². The van der Waals surface area contributed by atoms with Gasteiger partial charge in [0.15, 0.2) is 11.3 Å². The average molecular weight is 146 g/mol. The van der Waals surface area contributed by atoms with Gasteiger partial charge >= 0.3 is 0 Å². The molecule has 4 aromatic heterocycles. The Balaban J connectivity index is 2.80. The second kappa shape index (κ2) is 1.29. The molecule has 0 unspecified atom stereocenters. The van der Waals surface area contributed by atoms with Crippen LogP contribution in [0.3, 0.4) is 0 Å². The van der Waals surface area contributed by atoms with Gasteiger partial charge in [-0.15, -0.1) is 0 Å². The summed E-state index contributed by atoms with van der Waals surface area (Å²) in [6.45, 7) is 0. The highest BCUT2D eigenvalue weighted by Gasteiger charge is 2.14. The number of pyridine rings is 1. The maximum absolute atomic E-state index is 11.0. The van der Waals surface area contributed by atoms with Gasteiger partial charge in [0, 0.05) is 0 Å². The Hall–Kier alpha value is -1.78. The summed E-state index contributed by atoms with van der Waals surface area (Å²) in [4.78, 5) is 25.4. The summed E-state index contributed by atoms with van der Waals surface area (Å²) < 4.78 is 0. The lowest BCUT2D eigenvalue weighted by Crippen LogP contribution is -2.15. The van der Waals surface area contributed by atoms with E-state index in [1.165, 1.54) is 6.33 Å². The normalized spacial score (nSPS) is 12.0. The smallest absolute Gasteiger partial charge is 0.249 e. The van der Waals surface area contributed by atoms with Crippen LogP contribution in [0.15, 0.2) is 11.1 Å². The molecule has 0 aliphatic carbocycles. The number of rotatable bonds is 0. The zero-order chi connectivity index (χ0) is 7.42. The molecule has 0 spiro atoms. The minimum Gasteiger partial charge on any atom is -0.320 e. The van der Waals surface area contributed by atoms with Crippen molar-refractivity contribution in [2.24, 2.45) is 0 Å². The fourth-order valence-electron chi connectivity index (χ4n) is 1.16. The monoisotopic (exact) mass is 146 g/mol. The van der Waals surface area contributed by atoms with Gasteiger partial charge in [-0.3, -0.25) is 4.79 Å². The molecule has 0 aliphatic rings.